The molecule has 0 aromatic heterocycles. The Labute approximate surface area is 207 Å². The number of amides is 2. The first kappa shape index (κ1) is 26.9. The highest BCUT2D eigenvalue weighted by Crippen LogP contribution is 2.31. The van der Waals surface area contributed by atoms with Crippen molar-refractivity contribution < 1.29 is 14.3 Å². The summed E-state index contributed by atoms with van der Waals surface area (Å²) in [6.45, 7) is 14.4. The molecule has 0 aliphatic rings. The second-order valence-electron chi connectivity index (χ2n) is 9.72. The van der Waals surface area contributed by atoms with E-state index in [-0.39, 0.29) is 29.9 Å². The van der Waals surface area contributed by atoms with Crippen LogP contribution in [0.25, 0.3) is 0 Å². The maximum Gasteiger partial charge on any atom is 0.261 e. The van der Waals surface area contributed by atoms with E-state index in [0.717, 1.165) is 15.6 Å². The molecule has 0 unspecified atom stereocenters. The largest absolute Gasteiger partial charge is 0.483 e. The fraction of sp³-hybridized carbons (Fsp3) is 0.481. The predicted molar refractivity (Wildman–Crippen MR) is 137 cm³/mol. The third-order valence-corrected chi connectivity index (χ3v) is 6.19. The zero-order chi connectivity index (χ0) is 24.8. The summed E-state index contributed by atoms with van der Waals surface area (Å²) >= 11 is 3.57. The lowest BCUT2D eigenvalue weighted by Gasteiger charge is -2.31. The molecule has 33 heavy (non-hydrogen) atoms. The van der Waals surface area contributed by atoms with Crippen LogP contribution < -0.4 is 10.1 Å². The summed E-state index contributed by atoms with van der Waals surface area (Å²) in [5.41, 5.74) is 3.28. The minimum atomic E-state index is -0.574. The summed E-state index contributed by atoms with van der Waals surface area (Å²) < 4.78 is 6.70. The Kier molecular flexibility index (Phi) is 9.53. The molecule has 2 aromatic carbocycles. The number of hydrogen-bond donors (Lipinski definition) is 1. The number of nitrogens with one attached hydrogen (secondary N) is 1. The molecule has 180 valence electrons. The first-order valence-corrected chi connectivity index (χ1v) is 12.3. The smallest absolute Gasteiger partial charge is 0.261 e. The van der Waals surface area contributed by atoms with Gasteiger partial charge in [-0.15, -0.1) is 0 Å². The van der Waals surface area contributed by atoms with Crippen molar-refractivity contribution in [3.8, 4) is 5.75 Å². The van der Waals surface area contributed by atoms with Crippen LogP contribution in [0.4, 0.5) is 0 Å². The van der Waals surface area contributed by atoms with Gasteiger partial charge in [-0.1, -0.05) is 58.0 Å². The fourth-order valence-corrected chi connectivity index (χ4v) is 4.07. The van der Waals surface area contributed by atoms with E-state index in [9.17, 15) is 9.59 Å². The van der Waals surface area contributed by atoms with Crippen molar-refractivity contribution in [3.05, 3.63) is 63.6 Å². The lowest BCUT2D eigenvalue weighted by atomic mass is 9.87. The molecule has 0 saturated heterocycles. The van der Waals surface area contributed by atoms with Crippen LogP contribution in [0.15, 0.2) is 46.9 Å². The normalized spacial score (nSPS) is 12.4. The molecule has 0 aliphatic carbocycles. The molecule has 0 radical (unpaired) electrons. The van der Waals surface area contributed by atoms with Crippen LogP contribution in [0.3, 0.4) is 0 Å². The van der Waals surface area contributed by atoms with E-state index in [1.807, 2.05) is 70.2 Å². The Bertz CT molecular complexity index is 966. The first-order chi connectivity index (χ1) is 15.4. The Balaban J connectivity index is 2.25. The van der Waals surface area contributed by atoms with Gasteiger partial charge in [-0.05, 0) is 77.4 Å². The number of halogens is 1. The van der Waals surface area contributed by atoms with Crippen molar-refractivity contribution in [2.75, 3.05) is 6.61 Å². The number of aryl methyl sites for hydroxylation is 1. The van der Waals surface area contributed by atoms with Gasteiger partial charge in [0.25, 0.3) is 5.91 Å². The zero-order valence-electron chi connectivity index (χ0n) is 20.9. The van der Waals surface area contributed by atoms with Gasteiger partial charge in [-0.2, -0.15) is 0 Å². The molecule has 0 fully saturated rings. The molecule has 0 saturated carbocycles. The third kappa shape index (κ3) is 7.60. The average molecular weight is 518 g/mol. The number of nitrogens with zero attached hydrogens (tertiary/aromatic N) is 1. The minimum absolute atomic E-state index is 0.00417. The molecule has 2 aromatic rings. The molecule has 6 heteroatoms. The Morgan fingerprint density at radius 1 is 1.12 bits per heavy atom. The van der Waals surface area contributed by atoms with E-state index >= 15 is 0 Å². The quantitative estimate of drug-likeness (QED) is 0.460. The van der Waals surface area contributed by atoms with Crippen molar-refractivity contribution >= 4 is 27.7 Å². The molecule has 0 spiro atoms. The molecule has 1 N–H and O–H groups in total. The standard InChI is InChI=1S/C27H37BrN2O3/c1-8-23(26(32)29-18(2)3)30(16-20-12-10-9-11-19(20)4)25(31)17-33-24-14-13-21(15-22(24)28)27(5,6)7/h9-15,18,23H,8,16-17H2,1-7H3,(H,29,32)/t23-/m1/s1. The molecule has 0 heterocycles. The second kappa shape index (κ2) is 11.7. The van der Waals surface area contributed by atoms with Gasteiger partial charge in [0.2, 0.25) is 5.91 Å². The Morgan fingerprint density at radius 2 is 1.79 bits per heavy atom. The van der Waals surface area contributed by atoms with Crippen molar-refractivity contribution in [3.63, 3.8) is 0 Å². The van der Waals surface area contributed by atoms with E-state index in [1.54, 1.807) is 4.90 Å². The van der Waals surface area contributed by atoms with E-state index < -0.39 is 6.04 Å². The van der Waals surface area contributed by atoms with Crippen molar-refractivity contribution in [2.24, 2.45) is 0 Å². The predicted octanol–water partition coefficient (Wildman–Crippen LogP) is 5.77. The van der Waals surface area contributed by atoms with E-state index in [0.29, 0.717) is 18.7 Å². The number of carbonyl (C=O) groups excluding carboxylic acids is 2. The molecule has 2 amide bonds. The van der Waals surface area contributed by atoms with E-state index in [1.165, 1.54) is 5.56 Å². The summed E-state index contributed by atoms with van der Waals surface area (Å²) in [6, 6.07) is 13.3. The van der Waals surface area contributed by atoms with E-state index in [2.05, 4.69) is 42.0 Å². The number of ether oxygens (including phenoxy) is 1. The fourth-order valence-electron chi connectivity index (χ4n) is 3.58. The van der Waals surface area contributed by atoms with Gasteiger partial charge in [0.15, 0.2) is 6.61 Å². The molecule has 2 rings (SSSR count). The van der Waals surface area contributed by atoms with Crippen LogP contribution in [0, 0.1) is 6.92 Å². The van der Waals surface area contributed by atoms with Gasteiger partial charge < -0.3 is 15.0 Å². The van der Waals surface area contributed by atoms with Gasteiger partial charge in [0.1, 0.15) is 11.8 Å². The minimum Gasteiger partial charge on any atom is -0.483 e. The Morgan fingerprint density at radius 3 is 2.33 bits per heavy atom. The monoisotopic (exact) mass is 516 g/mol. The molecule has 0 bridgehead atoms. The number of rotatable bonds is 9. The van der Waals surface area contributed by atoms with Gasteiger partial charge in [-0.3, -0.25) is 9.59 Å². The van der Waals surface area contributed by atoms with Crippen LogP contribution >= 0.6 is 15.9 Å². The Hall–Kier alpha value is -2.34. The third-order valence-electron chi connectivity index (χ3n) is 5.57. The summed E-state index contributed by atoms with van der Waals surface area (Å²) in [4.78, 5) is 27.9. The molecule has 0 aliphatic heterocycles. The average Bonchev–Trinajstić information content (AvgIpc) is 2.72. The highest BCUT2D eigenvalue weighted by Gasteiger charge is 2.29. The summed E-state index contributed by atoms with van der Waals surface area (Å²) in [6.07, 6.45) is 0.514. The highest BCUT2D eigenvalue weighted by atomic mass is 79.9. The number of benzene rings is 2. The van der Waals surface area contributed by atoms with Crippen LogP contribution in [-0.2, 0) is 21.5 Å². The highest BCUT2D eigenvalue weighted by molar-refractivity contribution is 9.10. The van der Waals surface area contributed by atoms with Crippen LogP contribution in [0.2, 0.25) is 0 Å². The molecular weight excluding hydrogens is 480 g/mol. The molecule has 1 atom stereocenters. The topological polar surface area (TPSA) is 58.6 Å². The SMILES string of the molecule is CC[C@H](C(=O)NC(C)C)N(Cc1ccccc1C)C(=O)COc1ccc(C(C)(C)C)cc1Br. The van der Waals surface area contributed by atoms with Crippen LogP contribution in [-0.4, -0.2) is 35.4 Å². The summed E-state index contributed by atoms with van der Waals surface area (Å²) in [7, 11) is 0. The van der Waals surface area contributed by atoms with Crippen molar-refractivity contribution in [1.82, 2.24) is 10.2 Å². The summed E-state index contributed by atoms with van der Waals surface area (Å²) in [5, 5.41) is 2.95. The van der Waals surface area contributed by atoms with Crippen molar-refractivity contribution in [1.29, 1.82) is 0 Å². The van der Waals surface area contributed by atoms with Crippen molar-refractivity contribution in [2.45, 2.75) is 78.9 Å². The first-order valence-electron chi connectivity index (χ1n) is 11.5. The molecule has 5 nitrogen and oxygen atoms in total. The van der Waals surface area contributed by atoms with Crippen LogP contribution in [0.5, 0.6) is 5.75 Å². The van der Waals surface area contributed by atoms with Gasteiger partial charge in [-0.25, -0.2) is 0 Å². The summed E-state index contributed by atoms with van der Waals surface area (Å²) in [5.74, 6) is 0.229. The second-order valence-corrected chi connectivity index (χ2v) is 10.6. The van der Waals surface area contributed by atoms with Gasteiger partial charge in [0, 0.05) is 12.6 Å². The lowest BCUT2D eigenvalue weighted by Crippen LogP contribution is -2.51. The maximum atomic E-state index is 13.4. The zero-order valence-corrected chi connectivity index (χ0v) is 22.5. The number of carbonyl (C=O) groups is 2. The van der Waals surface area contributed by atoms with Gasteiger partial charge in [0.05, 0.1) is 4.47 Å². The maximum absolute atomic E-state index is 13.4. The van der Waals surface area contributed by atoms with Crippen LogP contribution in [0.1, 0.15) is 64.7 Å². The van der Waals surface area contributed by atoms with E-state index in [4.69, 9.17) is 4.74 Å². The lowest BCUT2D eigenvalue weighted by molar-refractivity contribution is -0.143. The number of hydrogen-bond acceptors (Lipinski definition) is 3. The van der Waals surface area contributed by atoms with Gasteiger partial charge >= 0.3 is 0 Å². The molecular formula is C27H37BrN2O3.